The minimum atomic E-state index is 0.144. The molecule has 8 heavy (non-hydrogen) atoms. The molecule has 0 saturated heterocycles. The van der Waals surface area contributed by atoms with Gasteiger partial charge in [-0.2, -0.15) is 4.91 Å². The molecule has 0 amide bonds. The average molecular weight is 113 g/mol. The van der Waals surface area contributed by atoms with E-state index >= 15 is 0 Å². The molecule has 1 aliphatic rings. The van der Waals surface area contributed by atoms with Gasteiger partial charge in [0.15, 0.2) is 0 Å². The highest BCUT2D eigenvalue weighted by molar-refractivity contribution is 4.76. The Bertz CT molecular complexity index is 92.5. The maximum atomic E-state index is 9.90. The van der Waals surface area contributed by atoms with Gasteiger partial charge in [0.2, 0.25) is 0 Å². The Morgan fingerprint density at radius 3 is 2.50 bits per heavy atom. The third-order valence-corrected chi connectivity index (χ3v) is 1.82. The van der Waals surface area contributed by atoms with Gasteiger partial charge in [0.05, 0.1) is 6.04 Å². The van der Waals surface area contributed by atoms with E-state index in [4.69, 9.17) is 0 Å². The molecule has 0 heterocycles. The van der Waals surface area contributed by atoms with Crippen LogP contribution in [-0.2, 0) is 0 Å². The Morgan fingerprint density at radius 2 is 2.25 bits per heavy atom. The largest absolute Gasteiger partial charge is 0.151 e. The first kappa shape index (κ1) is 5.73. The van der Waals surface area contributed by atoms with Crippen LogP contribution in [0.4, 0.5) is 0 Å². The lowest BCUT2D eigenvalue weighted by Crippen LogP contribution is -1.94. The summed E-state index contributed by atoms with van der Waals surface area (Å²) in [5.74, 6) is 0.734. The van der Waals surface area contributed by atoms with Crippen LogP contribution < -0.4 is 0 Å². The van der Waals surface area contributed by atoms with Gasteiger partial charge in [-0.1, -0.05) is 12.1 Å². The van der Waals surface area contributed by atoms with Crippen molar-refractivity contribution in [3.63, 3.8) is 0 Å². The molecular weight excluding hydrogens is 102 g/mol. The fourth-order valence-corrected chi connectivity index (χ4v) is 1.27. The first-order chi connectivity index (χ1) is 3.83. The highest BCUT2D eigenvalue weighted by atomic mass is 16.3. The van der Waals surface area contributed by atoms with Crippen LogP contribution in [0.15, 0.2) is 5.18 Å². The standard InChI is InChI=1S/C6H11NO/c1-5-2-3-6(4-5)7-8/h5-6H,2-4H2,1H3. The van der Waals surface area contributed by atoms with E-state index in [9.17, 15) is 4.91 Å². The van der Waals surface area contributed by atoms with Crippen molar-refractivity contribution in [1.82, 2.24) is 0 Å². The van der Waals surface area contributed by atoms with Crippen molar-refractivity contribution in [1.29, 1.82) is 0 Å². The maximum absolute atomic E-state index is 9.90. The maximum Gasteiger partial charge on any atom is 0.0922 e. The van der Waals surface area contributed by atoms with E-state index in [1.807, 2.05) is 0 Å². The first-order valence-corrected chi connectivity index (χ1v) is 3.15. The molecule has 2 atom stereocenters. The molecule has 0 aromatic carbocycles. The Balaban J connectivity index is 2.32. The van der Waals surface area contributed by atoms with E-state index in [0.29, 0.717) is 0 Å². The molecule has 1 fully saturated rings. The summed E-state index contributed by atoms with van der Waals surface area (Å²) < 4.78 is 0. The fraction of sp³-hybridized carbons (Fsp3) is 1.00. The Labute approximate surface area is 49.3 Å². The highest BCUT2D eigenvalue weighted by Gasteiger charge is 2.20. The third-order valence-electron chi connectivity index (χ3n) is 1.82. The van der Waals surface area contributed by atoms with Crippen molar-refractivity contribution in [3.8, 4) is 0 Å². The molecule has 1 aliphatic carbocycles. The average Bonchev–Trinajstić information content (AvgIpc) is 2.14. The predicted octanol–water partition coefficient (Wildman–Crippen LogP) is 1.94. The van der Waals surface area contributed by atoms with Gasteiger partial charge in [0.25, 0.3) is 0 Å². The number of rotatable bonds is 1. The van der Waals surface area contributed by atoms with Crippen molar-refractivity contribution in [3.05, 3.63) is 4.91 Å². The molecular formula is C6H11NO. The molecule has 2 nitrogen and oxygen atoms in total. The van der Waals surface area contributed by atoms with Gasteiger partial charge >= 0.3 is 0 Å². The third kappa shape index (κ3) is 1.05. The topological polar surface area (TPSA) is 29.4 Å². The number of hydrogen-bond donors (Lipinski definition) is 0. The Hall–Kier alpha value is -0.400. The van der Waals surface area contributed by atoms with Gasteiger partial charge in [-0.25, -0.2) is 0 Å². The molecule has 0 aromatic rings. The van der Waals surface area contributed by atoms with Crippen molar-refractivity contribution in [2.45, 2.75) is 32.2 Å². The van der Waals surface area contributed by atoms with E-state index in [1.165, 1.54) is 6.42 Å². The van der Waals surface area contributed by atoms with Crippen molar-refractivity contribution in [2.75, 3.05) is 0 Å². The van der Waals surface area contributed by atoms with Crippen LogP contribution in [0.1, 0.15) is 26.2 Å². The minimum Gasteiger partial charge on any atom is -0.151 e. The van der Waals surface area contributed by atoms with Crippen LogP contribution in [-0.4, -0.2) is 6.04 Å². The SMILES string of the molecule is CC1CCC(N=O)C1. The molecule has 0 aromatic heterocycles. The van der Waals surface area contributed by atoms with Gasteiger partial charge < -0.3 is 0 Å². The van der Waals surface area contributed by atoms with Crippen LogP contribution in [0, 0.1) is 10.8 Å². The van der Waals surface area contributed by atoms with Crippen LogP contribution in [0.2, 0.25) is 0 Å². The molecule has 1 saturated carbocycles. The van der Waals surface area contributed by atoms with E-state index in [-0.39, 0.29) is 6.04 Å². The van der Waals surface area contributed by atoms with E-state index in [2.05, 4.69) is 12.1 Å². The van der Waals surface area contributed by atoms with Crippen LogP contribution in [0.5, 0.6) is 0 Å². The quantitative estimate of drug-likeness (QED) is 0.478. The second-order valence-electron chi connectivity index (χ2n) is 2.68. The second-order valence-corrected chi connectivity index (χ2v) is 2.68. The molecule has 0 radical (unpaired) electrons. The monoisotopic (exact) mass is 113 g/mol. The normalized spacial score (nSPS) is 37.6. The first-order valence-electron chi connectivity index (χ1n) is 3.15. The van der Waals surface area contributed by atoms with Gasteiger partial charge in [-0.3, -0.25) is 0 Å². The number of hydrogen-bond acceptors (Lipinski definition) is 2. The lowest BCUT2D eigenvalue weighted by Gasteiger charge is -1.94. The Kier molecular flexibility index (Phi) is 1.61. The van der Waals surface area contributed by atoms with Gasteiger partial charge in [0.1, 0.15) is 0 Å². The van der Waals surface area contributed by atoms with E-state index < -0.39 is 0 Å². The van der Waals surface area contributed by atoms with Crippen LogP contribution >= 0.6 is 0 Å². The van der Waals surface area contributed by atoms with Crippen molar-refractivity contribution in [2.24, 2.45) is 11.1 Å². The number of nitroso groups, excluding NO2 is 1. The zero-order valence-corrected chi connectivity index (χ0v) is 5.13. The van der Waals surface area contributed by atoms with Crippen LogP contribution in [0.25, 0.3) is 0 Å². The van der Waals surface area contributed by atoms with Crippen LogP contribution in [0.3, 0.4) is 0 Å². The molecule has 1 rings (SSSR count). The summed E-state index contributed by atoms with van der Waals surface area (Å²) in [7, 11) is 0. The van der Waals surface area contributed by atoms with E-state index in [1.54, 1.807) is 0 Å². The minimum absolute atomic E-state index is 0.144. The van der Waals surface area contributed by atoms with E-state index in [0.717, 1.165) is 18.8 Å². The summed E-state index contributed by atoms with van der Waals surface area (Å²) >= 11 is 0. The van der Waals surface area contributed by atoms with Crippen molar-refractivity contribution >= 4 is 0 Å². The number of nitrogens with zero attached hydrogens (tertiary/aromatic N) is 1. The summed E-state index contributed by atoms with van der Waals surface area (Å²) in [6.45, 7) is 2.17. The molecule has 0 spiro atoms. The molecule has 2 heteroatoms. The second kappa shape index (κ2) is 2.25. The smallest absolute Gasteiger partial charge is 0.0922 e. The van der Waals surface area contributed by atoms with Gasteiger partial charge in [0, 0.05) is 0 Å². The zero-order chi connectivity index (χ0) is 5.98. The van der Waals surface area contributed by atoms with Gasteiger partial charge in [-0.15, -0.1) is 0 Å². The van der Waals surface area contributed by atoms with Gasteiger partial charge in [-0.05, 0) is 25.2 Å². The summed E-state index contributed by atoms with van der Waals surface area (Å²) in [6.07, 6.45) is 3.23. The molecule has 46 valence electrons. The Morgan fingerprint density at radius 1 is 1.50 bits per heavy atom. The summed E-state index contributed by atoms with van der Waals surface area (Å²) in [4.78, 5) is 9.90. The summed E-state index contributed by atoms with van der Waals surface area (Å²) in [5.41, 5.74) is 0. The van der Waals surface area contributed by atoms with Crippen molar-refractivity contribution < 1.29 is 0 Å². The summed E-state index contributed by atoms with van der Waals surface area (Å²) in [6, 6.07) is 0.144. The summed E-state index contributed by atoms with van der Waals surface area (Å²) in [5, 5.41) is 2.99. The molecule has 0 bridgehead atoms. The zero-order valence-electron chi connectivity index (χ0n) is 5.13. The molecule has 0 N–H and O–H groups in total. The highest BCUT2D eigenvalue weighted by Crippen LogP contribution is 2.26. The molecule has 0 aliphatic heterocycles. The molecule has 2 unspecified atom stereocenters. The lowest BCUT2D eigenvalue weighted by molar-refractivity contribution is 0.593. The fourth-order valence-electron chi connectivity index (χ4n) is 1.27. The predicted molar refractivity (Wildman–Crippen MR) is 32.6 cm³/mol. The lowest BCUT2D eigenvalue weighted by atomic mass is 10.1.